The quantitative estimate of drug-likeness (QED) is 0.695. The van der Waals surface area contributed by atoms with Crippen LogP contribution in [0.4, 0.5) is 10.5 Å². The normalized spacial score (nSPS) is 11.0. The second-order valence-electron chi connectivity index (χ2n) is 4.27. The first kappa shape index (κ1) is 16.7. The van der Waals surface area contributed by atoms with Gasteiger partial charge in [-0.25, -0.2) is 9.52 Å². The Balaban J connectivity index is 2.67. The number of anilines is 1. The monoisotopic (exact) mass is 317 g/mol. The van der Waals surface area contributed by atoms with Gasteiger partial charge in [-0.15, -0.1) is 0 Å². The number of carbonyl (C=O) groups is 2. The Hall–Kier alpha value is -2.36. The molecule has 0 atom stereocenters. The number of ether oxygens (including phenoxy) is 1. The van der Waals surface area contributed by atoms with E-state index in [-0.39, 0.29) is 17.8 Å². The molecule has 0 fully saturated rings. The van der Waals surface area contributed by atoms with Crippen molar-refractivity contribution < 1.29 is 27.9 Å². The molecule has 0 radical (unpaired) electrons. The Bertz CT molecular complexity index is 611. The van der Waals surface area contributed by atoms with Gasteiger partial charge in [-0.2, -0.15) is 8.42 Å². The highest BCUT2D eigenvalue weighted by Crippen LogP contribution is 2.08. The summed E-state index contributed by atoms with van der Waals surface area (Å²) >= 11 is 0. The summed E-state index contributed by atoms with van der Waals surface area (Å²) in [5, 5.41) is 8.58. The molecule has 0 aliphatic heterocycles. The van der Waals surface area contributed by atoms with E-state index < -0.39 is 28.4 Å². The Labute approximate surface area is 121 Å². The van der Waals surface area contributed by atoms with Crippen LogP contribution in [0.1, 0.15) is 19.5 Å². The smallest absolute Gasteiger partial charge is 0.422 e. The Morgan fingerprint density at radius 1 is 1.38 bits per heavy atom. The maximum atomic E-state index is 11.6. The van der Waals surface area contributed by atoms with Crippen LogP contribution in [0, 0.1) is 0 Å². The number of carbonyl (C=O) groups excluding carboxylic acids is 1. The minimum atomic E-state index is -4.15. The van der Waals surface area contributed by atoms with Gasteiger partial charge in [0.25, 0.3) is 0 Å². The Morgan fingerprint density at radius 3 is 2.52 bits per heavy atom. The summed E-state index contributed by atoms with van der Waals surface area (Å²) in [6.45, 7) is 3.15. The molecule has 1 amide bonds. The number of amides is 1. The minimum Gasteiger partial charge on any atom is -0.481 e. The van der Waals surface area contributed by atoms with E-state index in [4.69, 9.17) is 5.11 Å². The van der Waals surface area contributed by atoms with Gasteiger partial charge in [0, 0.05) is 0 Å². The summed E-state index contributed by atoms with van der Waals surface area (Å²) in [5.41, 5.74) is 0.353. The molecule has 0 aromatic carbocycles. The molecule has 0 aliphatic carbocycles. The van der Waals surface area contributed by atoms with Crippen molar-refractivity contribution in [3.8, 4) is 0 Å². The number of nitrogens with zero attached hydrogens (tertiary/aromatic N) is 1. The number of pyridine rings is 1. The average molecular weight is 317 g/mol. The third-order valence-corrected chi connectivity index (χ3v) is 2.91. The van der Waals surface area contributed by atoms with Crippen molar-refractivity contribution in [1.29, 1.82) is 0 Å². The molecule has 1 aromatic rings. The topological polar surface area (TPSA) is 135 Å². The largest absolute Gasteiger partial charge is 0.481 e. The van der Waals surface area contributed by atoms with Gasteiger partial charge in [0.15, 0.2) is 0 Å². The third-order valence-electron chi connectivity index (χ3n) is 1.97. The van der Waals surface area contributed by atoms with Crippen LogP contribution in [0.2, 0.25) is 0 Å². The van der Waals surface area contributed by atoms with Gasteiger partial charge >= 0.3 is 22.3 Å². The summed E-state index contributed by atoms with van der Waals surface area (Å²) in [7, 11) is -4.15. The van der Waals surface area contributed by atoms with E-state index in [0.29, 0.717) is 0 Å². The van der Waals surface area contributed by atoms with Crippen LogP contribution in [0.15, 0.2) is 18.3 Å². The van der Waals surface area contributed by atoms with E-state index in [1.807, 2.05) is 0 Å². The number of hydrogen-bond donors (Lipinski definition) is 3. The van der Waals surface area contributed by atoms with Crippen LogP contribution in [0.3, 0.4) is 0 Å². The summed E-state index contributed by atoms with van der Waals surface area (Å²) < 4.78 is 31.6. The SMILES string of the molecule is CC(C)OC(=O)NS(=O)(=O)Nc1ccc(CC(=O)O)nc1. The molecule has 10 heteroatoms. The fourth-order valence-corrected chi connectivity index (χ4v) is 2.02. The molecule has 1 heterocycles. The van der Waals surface area contributed by atoms with Crippen LogP contribution in [-0.4, -0.2) is 36.7 Å². The molecule has 116 valence electrons. The van der Waals surface area contributed by atoms with Crippen molar-refractivity contribution in [2.75, 3.05) is 4.72 Å². The van der Waals surface area contributed by atoms with Gasteiger partial charge in [0.1, 0.15) is 0 Å². The van der Waals surface area contributed by atoms with Gasteiger partial charge in [-0.3, -0.25) is 14.5 Å². The fraction of sp³-hybridized carbons (Fsp3) is 0.364. The molecule has 1 aromatic heterocycles. The second kappa shape index (κ2) is 6.88. The van der Waals surface area contributed by atoms with Gasteiger partial charge < -0.3 is 9.84 Å². The summed E-state index contributed by atoms with van der Waals surface area (Å²) in [5.74, 6) is -1.05. The molecular weight excluding hydrogens is 302 g/mol. The lowest BCUT2D eigenvalue weighted by Gasteiger charge is -2.11. The maximum Gasteiger partial charge on any atom is 0.422 e. The van der Waals surface area contributed by atoms with E-state index in [2.05, 4.69) is 14.4 Å². The van der Waals surface area contributed by atoms with Gasteiger partial charge in [-0.1, -0.05) is 0 Å². The molecule has 0 bridgehead atoms. The zero-order valence-corrected chi connectivity index (χ0v) is 12.2. The van der Waals surface area contributed by atoms with Crippen molar-refractivity contribution in [2.45, 2.75) is 26.4 Å². The lowest BCUT2D eigenvalue weighted by atomic mass is 10.3. The molecular formula is C11H15N3O6S. The van der Waals surface area contributed by atoms with Crippen molar-refractivity contribution in [3.05, 3.63) is 24.0 Å². The molecule has 0 spiro atoms. The zero-order valence-electron chi connectivity index (χ0n) is 11.4. The zero-order chi connectivity index (χ0) is 16.0. The summed E-state index contributed by atoms with van der Waals surface area (Å²) in [6.07, 6.45) is -0.692. The van der Waals surface area contributed by atoms with Crippen LogP contribution < -0.4 is 9.44 Å². The Kier molecular flexibility index (Phi) is 5.47. The highest BCUT2D eigenvalue weighted by molar-refractivity contribution is 7.91. The lowest BCUT2D eigenvalue weighted by Crippen LogP contribution is -2.36. The van der Waals surface area contributed by atoms with Crippen molar-refractivity contribution in [1.82, 2.24) is 9.71 Å². The lowest BCUT2D eigenvalue weighted by molar-refractivity contribution is -0.136. The standard InChI is InChI=1S/C11H15N3O6S/c1-7(2)20-11(17)14-21(18,19)13-9-4-3-8(12-6-9)5-10(15)16/h3-4,6-7,13H,5H2,1-2H3,(H,14,17)(H,15,16). The maximum absolute atomic E-state index is 11.6. The van der Waals surface area contributed by atoms with Crippen LogP contribution in [-0.2, 0) is 26.2 Å². The summed E-state index contributed by atoms with van der Waals surface area (Å²) in [6, 6.07) is 2.69. The van der Waals surface area contributed by atoms with E-state index in [1.165, 1.54) is 12.1 Å². The predicted molar refractivity (Wildman–Crippen MR) is 72.9 cm³/mol. The van der Waals surface area contributed by atoms with Gasteiger partial charge in [0.05, 0.1) is 30.1 Å². The first-order chi connectivity index (χ1) is 9.68. The predicted octanol–water partition coefficient (Wildman–Crippen LogP) is 0.500. The first-order valence-corrected chi connectivity index (χ1v) is 7.34. The van der Waals surface area contributed by atoms with E-state index in [9.17, 15) is 18.0 Å². The van der Waals surface area contributed by atoms with E-state index >= 15 is 0 Å². The number of carboxylic acid groups (broad SMARTS) is 1. The molecule has 1 rings (SSSR count). The summed E-state index contributed by atoms with van der Waals surface area (Å²) in [4.78, 5) is 25.5. The Morgan fingerprint density at radius 2 is 2.05 bits per heavy atom. The van der Waals surface area contributed by atoms with Gasteiger partial charge in [-0.05, 0) is 26.0 Å². The number of carboxylic acids is 1. The molecule has 0 unspecified atom stereocenters. The molecule has 0 saturated heterocycles. The highest BCUT2D eigenvalue weighted by Gasteiger charge is 2.16. The van der Waals surface area contributed by atoms with Crippen molar-refractivity contribution >= 4 is 28.0 Å². The molecule has 3 N–H and O–H groups in total. The van der Waals surface area contributed by atoms with Crippen molar-refractivity contribution in [3.63, 3.8) is 0 Å². The third kappa shape index (κ3) is 6.56. The average Bonchev–Trinajstić information content (AvgIpc) is 2.28. The molecule has 0 aliphatic rings. The van der Waals surface area contributed by atoms with Crippen molar-refractivity contribution in [2.24, 2.45) is 0 Å². The van der Waals surface area contributed by atoms with Crippen LogP contribution in [0.25, 0.3) is 0 Å². The second-order valence-corrected chi connectivity index (χ2v) is 5.69. The van der Waals surface area contributed by atoms with E-state index in [0.717, 1.165) is 6.20 Å². The van der Waals surface area contributed by atoms with Gasteiger partial charge in [0.2, 0.25) is 0 Å². The number of hydrogen-bond acceptors (Lipinski definition) is 6. The first-order valence-electron chi connectivity index (χ1n) is 5.86. The number of nitrogens with one attached hydrogen (secondary N) is 2. The van der Waals surface area contributed by atoms with Crippen LogP contribution >= 0.6 is 0 Å². The minimum absolute atomic E-state index is 0.0778. The number of aromatic nitrogens is 1. The fourth-order valence-electron chi connectivity index (χ4n) is 1.27. The highest BCUT2D eigenvalue weighted by atomic mass is 32.2. The van der Waals surface area contributed by atoms with E-state index in [1.54, 1.807) is 18.6 Å². The number of rotatable bonds is 6. The molecule has 9 nitrogen and oxygen atoms in total. The van der Waals surface area contributed by atoms with Crippen LogP contribution in [0.5, 0.6) is 0 Å². The molecule has 21 heavy (non-hydrogen) atoms. The molecule has 0 saturated carbocycles. The number of aliphatic carboxylic acids is 1.